The highest BCUT2D eigenvalue weighted by Gasteiger charge is 2.28. The van der Waals surface area contributed by atoms with E-state index in [0.29, 0.717) is 0 Å². The summed E-state index contributed by atoms with van der Waals surface area (Å²) in [6.45, 7) is 11.7. The molecule has 1 aliphatic rings. The van der Waals surface area contributed by atoms with Crippen molar-refractivity contribution in [1.29, 1.82) is 0 Å². The van der Waals surface area contributed by atoms with E-state index in [4.69, 9.17) is 4.74 Å². The molecule has 9 heteroatoms. The lowest BCUT2D eigenvalue weighted by atomic mass is 10.2. The van der Waals surface area contributed by atoms with Gasteiger partial charge in [-0.15, -0.1) is 24.0 Å². The molecule has 1 aromatic carbocycles. The van der Waals surface area contributed by atoms with Crippen molar-refractivity contribution in [2.45, 2.75) is 32.4 Å². The van der Waals surface area contributed by atoms with Crippen LogP contribution in [0.2, 0.25) is 0 Å². The number of halogens is 1. The van der Waals surface area contributed by atoms with Gasteiger partial charge in [-0.2, -0.15) is 0 Å². The predicted molar refractivity (Wildman–Crippen MR) is 132 cm³/mol. The second-order valence-corrected chi connectivity index (χ2v) is 10.7. The number of hydrogen-bond acceptors (Lipinski definition) is 5. The fraction of sp³-hybridized carbons (Fsp3) is 0.650. The van der Waals surface area contributed by atoms with E-state index in [0.717, 1.165) is 44.4 Å². The maximum Gasteiger partial charge on any atom is 0.194 e. The first kappa shape index (κ1) is 25.8. The van der Waals surface area contributed by atoms with Crippen molar-refractivity contribution in [2.75, 3.05) is 57.0 Å². The molecule has 1 aliphatic heterocycles. The van der Waals surface area contributed by atoms with E-state index in [1.54, 1.807) is 27.9 Å². The van der Waals surface area contributed by atoms with Gasteiger partial charge in [-0.1, -0.05) is 0 Å². The van der Waals surface area contributed by atoms with Gasteiger partial charge in [0.15, 0.2) is 15.8 Å². The summed E-state index contributed by atoms with van der Waals surface area (Å²) >= 11 is 0. The Morgan fingerprint density at radius 3 is 2.21 bits per heavy atom. The Kier molecular flexibility index (Phi) is 10.0. The van der Waals surface area contributed by atoms with Crippen LogP contribution >= 0.6 is 24.0 Å². The number of nitrogens with zero attached hydrogens (tertiary/aromatic N) is 3. The number of sulfone groups is 1. The molecule has 0 atom stereocenters. The molecule has 29 heavy (non-hydrogen) atoms. The van der Waals surface area contributed by atoms with Crippen LogP contribution in [-0.2, 0) is 9.84 Å². The largest absolute Gasteiger partial charge is 0.497 e. The van der Waals surface area contributed by atoms with Crippen molar-refractivity contribution >= 4 is 45.5 Å². The van der Waals surface area contributed by atoms with Crippen LogP contribution in [0, 0.1) is 0 Å². The molecule has 0 bridgehead atoms. The summed E-state index contributed by atoms with van der Waals surface area (Å²) in [4.78, 5) is 9.11. The van der Waals surface area contributed by atoms with Crippen LogP contribution in [0.25, 0.3) is 0 Å². The molecule has 1 aromatic rings. The summed E-state index contributed by atoms with van der Waals surface area (Å²) in [5.41, 5.74) is 1.18. The van der Waals surface area contributed by atoms with Crippen LogP contribution < -0.4 is 15.0 Å². The zero-order chi connectivity index (χ0) is 20.8. The molecule has 1 fully saturated rings. The Bertz CT molecular complexity index is 753. The number of benzene rings is 1. The second-order valence-electron chi connectivity index (χ2n) is 7.84. The molecule has 0 unspecified atom stereocenters. The minimum absolute atomic E-state index is 0. The van der Waals surface area contributed by atoms with Gasteiger partial charge in [0.2, 0.25) is 0 Å². The smallest absolute Gasteiger partial charge is 0.194 e. The summed E-state index contributed by atoms with van der Waals surface area (Å²) in [5, 5.41) is 3.29. The lowest BCUT2D eigenvalue weighted by Gasteiger charge is -2.37. The molecule has 0 aromatic heterocycles. The van der Waals surface area contributed by atoms with Gasteiger partial charge in [0.25, 0.3) is 0 Å². The summed E-state index contributed by atoms with van der Waals surface area (Å²) in [6.07, 6.45) is 0. The van der Waals surface area contributed by atoms with Crippen molar-refractivity contribution < 1.29 is 13.2 Å². The van der Waals surface area contributed by atoms with Crippen LogP contribution in [0.3, 0.4) is 0 Å². The van der Waals surface area contributed by atoms with Crippen LogP contribution in [0.4, 0.5) is 5.69 Å². The third-order valence-corrected chi connectivity index (χ3v) is 7.49. The van der Waals surface area contributed by atoms with Gasteiger partial charge in [-0.3, -0.25) is 4.99 Å². The van der Waals surface area contributed by atoms with Crippen molar-refractivity contribution in [3.05, 3.63) is 24.3 Å². The summed E-state index contributed by atoms with van der Waals surface area (Å²) in [6, 6.07) is 8.10. The van der Waals surface area contributed by atoms with Gasteiger partial charge >= 0.3 is 0 Å². The first-order valence-electron chi connectivity index (χ1n) is 9.82. The number of rotatable bonds is 6. The lowest BCUT2D eigenvalue weighted by Crippen LogP contribution is -2.52. The molecule has 0 aliphatic carbocycles. The molecular formula is C20H35IN4O3S. The Morgan fingerprint density at radius 1 is 1.14 bits per heavy atom. The van der Waals surface area contributed by atoms with E-state index in [2.05, 4.69) is 32.2 Å². The SMILES string of the molecule is CCNC(=NCCS(=O)(=O)C(C)(C)C)N1CCN(c2ccc(OC)cc2)CC1.I. The van der Waals surface area contributed by atoms with Crippen molar-refractivity contribution in [3.63, 3.8) is 0 Å². The summed E-state index contributed by atoms with van der Waals surface area (Å²) < 4.78 is 29.1. The highest BCUT2D eigenvalue weighted by molar-refractivity contribution is 14.0. The first-order valence-corrected chi connectivity index (χ1v) is 11.5. The van der Waals surface area contributed by atoms with Gasteiger partial charge in [0, 0.05) is 38.4 Å². The third-order valence-electron chi connectivity index (χ3n) is 4.91. The normalized spacial score (nSPS) is 15.7. The monoisotopic (exact) mass is 538 g/mol. The Labute approximate surface area is 192 Å². The molecule has 1 heterocycles. The minimum atomic E-state index is -3.16. The van der Waals surface area contributed by atoms with Crippen molar-refractivity contribution in [2.24, 2.45) is 4.99 Å². The highest BCUT2D eigenvalue weighted by atomic mass is 127. The molecule has 1 N–H and O–H groups in total. The molecule has 0 saturated carbocycles. The number of methoxy groups -OCH3 is 1. The van der Waals surface area contributed by atoms with E-state index in [1.807, 2.05) is 19.1 Å². The average molecular weight is 538 g/mol. The maximum absolute atomic E-state index is 12.3. The van der Waals surface area contributed by atoms with Gasteiger partial charge < -0.3 is 19.9 Å². The standard InChI is InChI=1S/C20H34N4O3S.HI/c1-6-21-19(22-11-16-28(25,26)20(2,3)4)24-14-12-23(13-15-24)17-7-9-18(27-5)10-8-17;/h7-10H,6,11-16H2,1-5H3,(H,21,22);1H. The number of guanidine groups is 1. The fourth-order valence-corrected chi connectivity index (χ4v) is 3.92. The van der Waals surface area contributed by atoms with Crippen molar-refractivity contribution in [3.8, 4) is 5.75 Å². The van der Waals surface area contributed by atoms with Gasteiger partial charge in [0.05, 0.1) is 24.2 Å². The number of hydrogen-bond donors (Lipinski definition) is 1. The molecular weight excluding hydrogens is 503 g/mol. The summed E-state index contributed by atoms with van der Waals surface area (Å²) in [7, 11) is -1.49. The molecule has 1 saturated heterocycles. The van der Waals surface area contributed by atoms with E-state index < -0.39 is 14.6 Å². The first-order chi connectivity index (χ1) is 13.2. The molecule has 0 radical (unpaired) electrons. The Hall–Kier alpha value is -1.23. The van der Waals surface area contributed by atoms with Crippen molar-refractivity contribution in [1.82, 2.24) is 10.2 Å². The molecule has 0 amide bonds. The minimum Gasteiger partial charge on any atom is -0.497 e. The molecule has 7 nitrogen and oxygen atoms in total. The number of aliphatic imine (C=N–C) groups is 1. The molecule has 2 rings (SSSR count). The van der Waals surface area contributed by atoms with Crippen LogP contribution in [0.1, 0.15) is 27.7 Å². The highest BCUT2D eigenvalue weighted by Crippen LogP contribution is 2.20. The van der Waals surface area contributed by atoms with E-state index >= 15 is 0 Å². The maximum atomic E-state index is 12.3. The zero-order valence-corrected chi connectivity index (χ0v) is 21.3. The quantitative estimate of drug-likeness (QED) is 0.341. The number of anilines is 1. The van der Waals surface area contributed by atoms with E-state index in [-0.39, 0.29) is 36.3 Å². The topological polar surface area (TPSA) is 74.2 Å². The number of piperazine rings is 1. The lowest BCUT2D eigenvalue weighted by molar-refractivity contribution is 0.372. The molecule has 166 valence electrons. The zero-order valence-electron chi connectivity index (χ0n) is 18.1. The van der Waals surface area contributed by atoms with Gasteiger partial charge in [-0.25, -0.2) is 8.42 Å². The van der Waals surface area contributed by atoms with Crippen LogP contribution in [0.15, 0.2) is 29.3 Å². The number of nitrogens with one attached hydrogen (secondary N) is 1. The molecule has 0 spiro atoms. The Morgan fingerprint density at radius 2 is 1.72 bits per heavy atom. The van der Waals surface area contributed by atoms with Gasteiger partial charge in [-0.05, 0) is 52.0 Å². The van der Waals surface area contributed by atoms with Crippen LogP contribution in [-0.4, -0.2) is 76.2 Å². The third kappa shape index (κ3) is 7.20. The van der Waals surface area contributed by atoms with Gasteiger partial charge in [0.1, 0.15) is 5.75 Å². The predicted octanol–water partition coefficient (Wildman–Crippen LogP) is 2.61. The Balaban J connectivity index is 0.00000420. The van der Waals surface area contributed by atoms with Crippen LogP contribution in [0.5, 0.6) is 5.75 Å². The van der Waals surface area contributed by atoms with E-state index in [9.17, 15) is 8.42 Å². The summed E-state index contributed by atoms with van der Waals surface area (Å²) in [5.74, 6) is 1.71. The number of ether oxygens (including phenoxy) is 1. The average Bonchev–Trinajstić information content (AvgIpc) is 2.66. The fourth-order valence-electron chi connectivity index (χ4n) is 2.97. The second kappa shape index (κ2) is 11.2. The van der Waals surface area contributed by atoms with E-state index in [1.165, 1.54) is 5.69 Å².